The number of benzene rings is 3. The summed E-state index contributed by atoms with van der Waals surface area (Å²) in [5.74, 6) is -1.89. The van der Waals surface area contributed by atoms with E-state index in [1.165, 1.54) is 17.0 Å². The fourth-order valence-electron chi connectivity index (χ4n) is 3.76. The molecule has 1 heterocycles. The number of Topliss-reactive ketones (excluding diaryl/α,β-unsaturated/α-hetero) is 1. The van der Waals surface area contributed by atoms with Crippen molar-refractivity contribution in [2.24, 2.45) is 0 Å². The molecule has 0 aromatic heterocycles. The number of halogens is 3. The maximum Gasteiger partial charge on any atom is 0.300 e. The monoisotopic (exact) mass is 471 g/mol. The molecule has 1 amide bonds. The first-order valence-corrected chi connectivity index (χ1v) is 10.5. The summed E-state index contributed by atoms with van der Waals surface area (Å²) in [6, 6.07) is 17.6. The van der Waals surface area contributed by atoms with Gasteiger partial charge in [-0.3, -0.25) is 14.5 Å². The van der Waals surface area contributed by atoms with Crippen molar-refractivity contribution in [1.82, 2.24) is 0 Å². The van der Waals surface area contributed by atoms with Crippen molar-refractivity contribution in [3.63, 3.8) is 0 Å². The molecule has 156 valence electrons. The Morgan fingerprint density at radius 2 is 1.55 bits per heavy atom. The number of aliphatic hydroxyl groups is 1. The molecule has 0 radical (unpaired) electrons. The van der Waals surface area contributed by atoms with Crippen molar-refractivity contribution in [3.05, 3.63) is 104 Å². The molecule has 7 heteroatoms. The van der Waals surface area contributed by atoms with Crippen LogP contribution in [0.1, 0.15) is 22.7 Å². The smallest absolute Gasteiger partial charge is 0.300 e. The van der Waals surface area contributed by atoms with E-state index in [-0.39, 0.29) is 11.3 Å². The Morgan fingerprint density at radius 1 is 0.871 bits per heavy atom. The second kappa shape index (κ2) is 8.39. The molecule has 3 aromatic carbocycles. The van der Waals surface area contributed by atoms with E-state index in [1.54, 1.807) is 30.3 Å². The molecule has 1 unspecified atom stereocenters. The summed E-state index contributed by atoms with van der Waals surface area (Å²) in [6.07, 6.45) is 0. The summed E-state index contributed by atoms with van der Waals surface area (Å²) >= 11 is 18.4. The van der Waals surface area contributed by atoms with Crippen molar-refractivity contribution < 1.29 is 14.7 Å². The van der Waals surface area contributed by atoms with Crippen molar-refractivity contribution >= 4 is 57.9 Å². The molecule has 1 fully saturated rings. The number of amides is 1. The highest BCUT2D eigenvalue weighted by Gasteiger charge is 2.47. The van der Waals surface area contributed by atoms with Crippen LogP contribution in [-0.2, 0) is 9.59 Å². The maximum atomic E-state index is 13.2. The summed E-state index contributed by atoms with van der Waals surface area (Å²) in [6.45, 7) is 1.87. The van der Waals surface area contributed by atoms with Crippen LogP contribution < -0.4 is 4.90 Å². The van der Waals surface area contributed by atoms with E-state index < -0.39 is 17.7 Å². The van der Waals surface area contributed by atoms with E-state index in [9.17, 15) is 14.7 Å². The first-order chi connectivity index (χ1) is 14.8. The lowest BCUT2D eigenvalue weighted by atomic mass is 9.92. The quantitative estimate of drug-likeness (QED) is 0.266. The Labute approximate surface area is 194 Å². The maximum absolute atomic E-state index is 13.2. The zero-order valence-electron chi connectivity index (χ0n) is 16.3. The number of aryl methyl sites for hydroxylation is 1. The zero-order chi connectivity index (χ0) is 22.3. The van der Waals surface area contributed by atoms with Gasteiger partial charge in [0.1, 0.15) is 5.76 Å². The predicted molar refractivity (Wildman–Crippen MR) is 124 cm³/mol. The lowest BCUT2D eigenvalue weighted by molar-refractivity contribution is -0.132. The standard InChI is InChI=1S/C24H16Cl3NO3/c1-13-5-2-3-8-19(13)21-20(22(29)14-6-4-7-15(25)9-14)23(30)24(31)28(21)18-11-16(26)10-17(27)12-18/h2-12,21,29H,1H3/b22-20+. The number of hydrogen-bond donors (Lipinski definition) is 1. The number of hydrogen-bond acceptors (Lipinski definition) is 3. The van der Waals surface area contributed by atoms with Crippen molar-refractivity contribution in [2.45, 2.75) is 13.0 Å². The van der Waals surface area contributed by atoms with E-state index in [0.717, 1.165) is 5.56 Å². The Morgan fingerprint density at radius 3 is 2.19 bits per heavy atom. The summed E-state index contributed by atoms with van der Waals surface area (Å²) in [7, 11) is 0. The summed E-state index contributed by atoms with van der Waals surface area (Å²) in [5.41, 5.74) is 2.22. The fraction of sp³-hybridized carbons (Fsp3) is 0.0833. The highest BCUT2D eigenvalue weighted by Crippen LogP contribution is 2.44. The predicted octanol–water partition coefficient (Wildman–Crippen LogP) is 6.58. The molecule has 1 atom stereocenters. The average molecular weight is 473 g/mol. The number of anilines is 1. The van der Waals surface area contributed by atoms with E-state index in [1.807, 2.05) is 31.2 Å². The largest absolute Gasteiger partial charge is 0.507 e. The number of aliphatic hydroxyl groups excluding tert-OH is 1. The molecule has 1 N–H and O–H groups in total. The lowest BCUT2D eigenvalue weighted by Gasteiger charge is -2.27. The minimum Gasteiger partial charge on any atom is -0.507 e. The molecule has 1 aliphatic heterocycles. The van der Waals surface area contributed by atoms with Gasteiger partial charge in [-0.1, -0.05) is 71.2 Å². The number of ketones is 1. The van der Waals surface area contributed by atoms with E-state index in [4.69, 9.17) is 34.8 Å². The first-order valence-electron chi connectivity index (χ1n) is 9.36. The van der Waals surface area contributed by atoms with Gasteiger partial charge in [0, 0.05) is 26.3 Å². The summed E-state index contributed by atoms with van der Waals surface area (Å²) in [4.78, 5) is 27.6. The topological polar surface area (TPSA) is 57.6 Å². The Kier molecular flexibility index (Phi) is 5.80. The molecule has 1 saturated heterocycles. The zero-order valence-corrected chi connectivity index (χ0v) is 18.5. The van der Waals surface area contributed by atoms with Crippen LogP contribution in [0.4, 0.5) is 5.69 Å². The van der Waals surface area contributed by atoms with Gasteiger partial charge in [0.2, 0.25) is 0 Å². The van der Waals surface area contributed by atoms with Crippen LogP contribution in [-0.4, -0.2) is 16.8 Å². The Balaban J connectivity index is 2.00. The van der Waals surface area contributed by atoms with Crippen molar-refractivity contribution in [2.75, 3.05) is 4.90 Å². The molecular formula is C24H16Cl3NO3. The molecular weight excluding hydrogens is 457 g/mol. The molecule has 0 bridgehead atoms. The number of nitrogens with zero attached hydrogens (tertiary/aromatic N) is 1. The molecule has 4 rings (SSSR count). The van der Waals surface area contributed by atoms with Crippen LogP contribution in [0.3, 0.4) is 0 Å². The van der Waals surface area contributed by atoms with Crippen molar-refractivity contribution in [3.8, 4) is 0 Å². The Bertz CT molecular complexity index is 1230. The van der Waals surface area contributed by atoms with Crippen LogP contribution in [0.5, 0.6) is 0 Å². The first kappa shape index (κ1) is 21.4. The fourth-order valence-corrected chi connectivity index (χ4v) is 4.46. The van der Waals surface area contributed by atoms with Gasteiger partial charge in [-0.2, -0.15) is 0 Å². The third-order valence-corrected chi connectivity index (χ3v) is 5.82. The Hall–Kier alpha value is -2.79. The van der Waals surface area contributed by atoms with Gasteiger partial charge in [-0.05, 0) is 48.4 Å². The van der Waals surface area contributed by atoms with Gasteiger partial charge in [0.25, 0.3) is 11.7 Å². The van der Waals surface area contributed by atoms with Crippen LogP contribution in [0.2, 0.25) is 15.1 Å². The highest BCUT2D eigenvalue weighted by molar-refractivity contribution is 6.52. The number of carbonyl (C=O) groups excluding carboxylic acids is 2. The van der Waals surface area contributed by atoms with Gasteiger partial charge in [0.15, 0.2) is 0 Å². The molecule has 0 aliphatic carbocycles. The number of rotatable bonds is 3. The minimum absolute atomic E-state index is 0.0299. The van der Waals surface area contributed by atoms with Gasteiger partial charge < -0.3 is 5.11 Å². The molecule has 3 aromatic rings. The number of carbonyl (C=O) groups is 2. The molecule has 4 nitrogen and oxygen atoms in total. The van der Waals surface area contributed by atoms with Gasteiger partial charge in [0.05, 0.1) is 11.6 Å². The highest BCUT2D eigenvalue weighted by atomic mass is 35.5. The second-order valence-corrected chi connectivity index (χ2v) is 8.47. The van der Waals surface area contributed by atoms with Crippen LogP contribution >= 0.6 is 34.8 Å². The summed E-state index contributed by atoms with van der Waals surface area (Å²) in [5, 5.41) is 12.1. The third-order valence-electron chi connectivity index (χ3n) is 5.15. The van der Waals surface area contributed by atoms with Gasteiger partial charge >= 0.3 is 0 Å². The molecule has 0 saturated carbocycles. The van der Waals surface area contributed by atoms with E-state index in [2.05, 4.69) is 0 Å². The van der Waals surface area contributed by atoms with Crippen LogP contribution in [0.15, 0.2) is 72.3 Å². The van der Waals surface area contributed by atoms with Gasteiger partial charge in [-0.15, -0.1) is 0 Å². The van der Waals surface area contributed by atoms with Crippen LogP contribution in [0, 0.1) is 6.92 Å². The van der Waals surface area contributed by atoms with E-state index in [0.29, 0.717) is 31.9 Å². The molecule has 31 heavy (non-hydrogen) atoms. The SMILES string of the molecule is Cc1ccccc1C1/C(=C(\O)c2cccc(Cl)c2)C(=O)C(=O)N1c1cc(Cl)cc(Cl)c1. The summed E-state index contributed by atoms with van der Waals surface area (Å²) < 4.78 is 0. The average Bonchev–Trinajstić information content (AvgIpc) is 2.98. The third kappa shape index (κ3) is 3.94. The minimum atomic E-state index is -0.866. The molecule has 0 spiro atoms. The van der Waals surface area contributed by atoms with Crippen LogP contribution in [0.25, 0.3) is 5.76 Å². The normalized spacial score (nSPS) is 17.9. The lowest BCUT2D eigenvalue weighted by Crippen LogP contribution is -2.29. The second-order valence-electron chi connectivity index (χ2n) is 7.16. The van der Waals surface area contributed by atoms with Crippen molar-refractivity contribution in [1.29, 1.82) is 0 Å². The van der Waals surface area contributed by atoms with Gasteiger partial charge in [-0.25, -0.2) is 0 Å². The van der Waals surface area contributed by atoms with E-state index >= 15 is 0 Å². The molecule has 1 aliphatic rings.